The van der Waals surface area contributed by atoms with Gasteiger partial charge < -0.3 is 4.90 Å². The van der Waals surface area contributed by atoms with Crippen molar-refractivity contribution < 1.29 is 4.79 Å². The number of rotatable bonds is 4. The lowest BCUT2D eigenvalue weighted by atomic mass is 9.78. The highest BCUT2D eigenvalue weighted by Crippen LogP contribution is 2.56. The van der Waals surface area contributed by atoms with Crippen LogP contribution in [0, 0.1) is 5.92 Å². The Morgan fingerprint density at radius 2 is 1.75 bits per heavy atom. The van der Waals surface area contributed by atoms with E-state index in [1.54, 1.807) is 6.07 Å². The maximum atomic E-state index is 13.6. The van der Waals surface area contributed by atoms with Gasteiger partial charge in [0, 0.05) is 26.6 Å². The quantitative estimate of drug-likeness (QED) is 0.490. The van der Waals surface area contributed by atoms with Crippen molar-refractivity contribution in [3.8, 4) is 0 Å². The Labute approximate surface area is 183 Å². The molecular formula is C23H20BrCl2NO. The first-order valence-electron chi connectivity index (χ1n) is 9.75. The molecule has 28 heavy (non-hydrogen) atoms. The minimum atomic E-state index is -0.198. The van der Waals surface area contributed by atoms with Crippen molar-refractivity contribution in [2.24, 2.45) is 5.92 Å². The molecule has 2 aliphatic heterocycles. The Balaban J connectivity index is 1.67. The van der Waals surface area contributed by atoms with Crippen molar-refractivity contribution >= 4 is 50.6 Å². The van der Waals surface area contributed by atoms with Gasteiger partial charge in [0.05, 0.1) is 5.54 Å². The molecule has 1 atom stereocenters. The summed E-state index contributed by atoms with van der Waals surface area (Å²) in [5.41, 5.74) is 4.12. The van der Waals surface area contributed by atoms with Crippen molar-refractivity contribution in [3.05, 3.63) is 73.7 Å². The predicted molar refractivity (Wildman–Crippen MR) is 118 cm³/mol. The summed E-state index contributed by atoms with van der Waals surface area (Å²) in [6, 6.07) is 14.0. The number of amides is 1. The predicted octanol–water partition coefficient (Wildman–Crippen LogP) is 6.54. The second-order valence-electron chi connectivity index (χ2n) is 8.12. The molecule has 1 aliphatic carbocycles. The van der Waals surface area contributed by atoms with Crippen LogP contribution in [-0.2, 0) is 11.2 Å². The van der Waals surface area contributed by atoms with Crippen molar-refractivity contribution in [2.75, 3.05) is 6.54 Å². The van der Waals surface area contributed by atoms with Crippen molar-refractivity contribution in [1.29, 1.82) is 0 Å². The standard InChI is InChI=1S/C23H20BrCl2NO/c24-17-6-2-14(3-7-17)13-23-8-1-9-27(23)22(28)20(21(23)15-4-5-15)16-10-18(25)12-19(26)11-16/h2-3,6-7,10-12,15H,1,4-5,8-9,13H2. The summed E-state index contributed by atoms with van der Waals surface area (Å²) in [4.78, 5) is 15.7. The average Bonchev–Trinajstić information content (AvgIpc) is 3.34. The lowest BCUT2D eigenvalue weighted by Crippen LogP contribution is -2.45. The Morgan fingerprint density at radius 1 is 1.07 bits per heavy atom. The number of hydrogen-bond acceptors (Lipinski definition) is 1. The number of fused-ring (bicyclic) bond motifs is 1. The number of hydrogen-bond donors (Lipinski definition) is 0. The van der Waals surface area contributed by atoms with Gasteiger partial charge in [-0.15, -0.1) is 0 Å². The van der Waals surface area contributed by atoms with Crippen LogP contribution in [0.1, 0.15) is 36.8 Å². The van der Waals surface area contributed by atoms with E-state index in [2.05, 4.69) is 45.1 Å². The van der Waals surface area contributed by atoms with Crippen LogP contribution < -0.4 is 0 Å². The Hall–Kier alpha value is -1.29. The fraction of sp³-hybridized carbons (Fsp3) is 0.348. The zero-order valence-corrected chi connectivity index (χ0v) is 18.4. The van der Waals surface area contributed by atoms with Crippen molar-refractivity contribution in [3.63, 3.8) is 0 Å². The SMILES string of the molecule is O=C1C(c2cc(Cl)cc(Cl)c2)=C(C2CC2)C2(Cc3ccc(Br)cc3)CCCN12. The molecule has 5 rings (SSSR count). The molecule has 0 aromatic heterocycles. The van der Waals surface area contributed by atoms with Gasteiger partial charge in [0.1, 0.15) is 0 Å². The van der Waals surface area contributed by atoms with Gasteiger partial charge in [-0.2, -0.15) is 0 Å². The topological polar surface area (TPSA) is 20.3 Å². The lowest BCUT2D eigenvalue weighted by molar-refractivity contribution is -0.126. The Bertz CT molecular complexity index is 976. The van der Waals surface area contributed by atoms with Gasteiger partial charge in [-0.05, 0) is 85.1 Å². The largest absolute Gasteiger partial charge is 0.329 e. The third-order valence-corrected chi connectivity index (χ3v) is 7.23. The summed E-state index contributed by atoms with van der Waals surface area (Å²) in [5.74, 6) is 0.644. The van der Waals surface area contributed by atoms with Gasteiger partial charge >= 0.3 is 0 Å². The number of benzene rings is 2. The van der Waals surface area contributed by atoms with Crippen LogP contribution in [0.25, 0.3) is 5.57 Å². The second kappa shape index (κ2) is 6.90. The van der Waals surface area contributed by atoms with Crippen LogP contribution in [0.2, 0.25) is 10.0 Å². The number of carbonyl (C=O) groups is 1. The molecule has 0 N–H and O–H groups in total. The van der Waals surface area contributed by atoms with Gasteiger partial charge in [0.15, 0.2) is 0 Å². The zero-order valence-electron chi connectivity index (χ0n) is 15.4. The summed E-state index contributed by atoms with van der Waals surface area (Å²) in [5, 5.41) is 1.15. The molecule has 2 fully saturated rings. The van der Waals surface area contributed by atoms with Crippen LogP contribution in [0.3, 0.4) is 0 Å². The fourth-order valence-electron chi connectivity index (χ4n) is 5.09. The number of halogens is 3. The van der Waals surface area contributed by atoms with Gasteiger partial charge in [0.2, 0.25) is 0 Å². The molecule has 1 amide bonds. The minimum Gasteiger partial charge on any atom is -0.329 e. The summed E-state index contributed by atoms with van der Waals surface area (Å²) < 4.78 is 1.08. The molecule has 5 heteroatoms. The van der Waals surface area contributed by atoms with E-state index in [0.29, 0.717) is 16.0 Å². The third kappa shape index (κ3) is 3.03. The molecule has 2 nitrogen and oxygen atoms in total. The summed E-state index contributed by atoms with van der Waals surface area (Å²) in [6.07, 6.45) is 5.28. The van der Waals surface area contributed by atoms with E-state index in [-0.39, 0.29) is 11.4 Å². The van der Waals surface area contributed by atoms with Crippen LogP contribution in [-0.4, -0.2) is 22.9 Å². The molecule has 1 saturated heterocycles. The molecule has 1 saturated carbocycles. The van der Waals surface area contributed by atoms with E-state index in [0.717, 1.165) is 54.3 Å². The Morgan fingerprint density at radius 3 is 2.39 bits per heavy atom. The van der Waals surface area contributed by atoms with E-state index >= 15 is 0 Å². The first-order valence-corrected chi connectivity index (χ1v) is 11.3. The van der Waals surface area contributed by atoms with E-state index in [1.165, 1.54) is 11.1 Å². The third-order valence-electron chi connectivity index (χ3n) is 6.27. The van der Waals surface area contributed by atoms with E-state index < -0.39 is 0 Å². The van der Waals surface area contributed by atoms with Crippen molar-refractivity contribution in [1.82, 2.24) is 4.90 Å². The summed E-state index contributed by atoms with van der Waals surface area (Å²) in [7, 11) is 0. The number of carbonyl (C=O) groups excluding carboxylic acids is 1. The zero-order chi connectivity index (χ0) is 19.5. The molecule has 1 unspecified atom stereocenters. The molecule has 2 heterocycles. The molecule has 144 valence electrons. The highest BCUT2D eigenvalue weighted by molar-refractivity contribution is 9.10. The monoisotopic (exact) mass is 475 g/mol. The lowest BCUT2D eigenvalue weighted by Gasteiger charge is -2.36. The van der Waals surface area contributed by atoms with Crippen LogP contribution in [0.15, 0.2) is 52.5 Å². The van der Waals surface area contributed by atoms with Crippen molar-refractivity contribution in [2.45, 2.75) is 37.6 Å². The van der Waals surface area contributed by atoms with Crippen LogP contribution >= 0.6 is 39.1 Å². The Kier molecular flexibility index (Phi) is 4.61. The van der Waals surface area contributed by atoms with Crippen LogP contribution in [0.4, 0.5) is 0 Å². The van der Waals surface area contributed by atoms with Crippen LogP contribution in [0.5, 0.6) is 0 Å². The first kappa shape index (κ1) is 18.7. The van der Waals surface area contributed by atoms with E-state index in [9.17, 15) is 4.79 Å². The van der Waals surface area contributed by atoms with Gasteiger partial charge in [-0.25, -0.2) is 0 Å². The second-order valence-corrected chi connectivity index (χ2v) is 9.90. The van der Waals surface area contributed by atoms with Gasteiger partial charge in [0.25, 0.3) is 5.91 Å². The molecule has 0 radical (unpaired) electrons. The molecule has 3 aliphatic rings. The molecule has 2 aromatic carbocycles. The fourth-order valence-corrected chi connectivity index (χ4v) is 5.88. The summed E-state index contributed by atoms with van der Waals surface area (Å²) in [6.45, 7) is 0.823. The minimum absolute atomic E-state index is 0.148. The average molecular weight is 477 g/mol. The summed E-state index contributed by atoms with van der Waals surface area (Å²) >= 11 is 16.1. The molecule has 2 aromatic rings. The molecule has 0 spiro atoms. The first-order chi connectivity index (χ1) is 13.5. The molecule has 0 bridgehead atoms. The van der Waals surface area contributed by atoms with Gasteiger partial charge in [-0.3, -0.25) is 4.79 Å². The van der Waals surface area contributed by atoms with Gasteiger partial charge in [-0.1, -0.05) is 51.3 Å². The number of nitrogens with zero attached hydrogens (tertiary/aromatic N) is 1. The highest BCUT2D eigenvalue weighted by atomic mass is 79.9. The van der Waals surface area contributed by atoms with E-state index in [4.69, 9.17) is 23.2 Å². The smallest absolute Gasteiger partial charge is 0.255 e. The highest BCUT2D eigenvalue weighted by Gasteiger charge is 2.57. The molecular weight excluding hydrogens is 457 g/mol. The van der Waals surface area contributed by atoms with E-state index in [1.807, 2.05) is 12.1 Å². The maximum absolute atomic E-state index is 13.6. The normalized spacial score (nSPS) is 24.2. The maximum Gasteiger partial charge on any atom is 0.255 e.